The maximum Gasteiger partial charge on any atom is 0.351 e. The van der Waals surface area contributed by atoms with Gasteiger partial charge in [0, 0.05) is 0 Å². The molecule has 1 unspecified atom stereocenters. The van der Waals surface area contributed by atoms with Gasteiger partial charge in [-0.05, 0) is 6.92 Å². The Kier molecular flexibility index (Phi) is 3.95. The van der Waals surface area contributed by atoms with Gasteiger partial charge in [-0.1, -0.05) is 28.9 Å². The number of esters is 1. The van der Waals surface area contributed by atoms with Crippen LogP contribution in [0.15, 0.2) is 0 Å². The number of rotatable bonds is 3. The van der Waals surface area contributed by atoms with E-state index in [0.717, 1.165) is 11.3 Å². The van der Waals surface area contributed by atoms with E-state index in [1.807, 2.05) is 0 Å². The number of anilines is 1. The van der Waals surface area contributed by atoms with Gasteiger partial charge in [-0.3, -0.25) is 0 Å². The molecule has 0 bridgehead atoms. The van der Waals surface area contributed by atoms with Crippen molar-refractivity contribution in [3.8, 4) is 12.3 Å². The number of ether oxygens (including phenoxy) is 1. The van der Waals surface area contributed by atoms with Crippen molar-refractivity contribution in [2.45, 2.75) is 13.0 Å². The number of nitrogens with zero attached hydrogens (tertiary/aromatic N) is 1. The molecule has 0 saturated heterocycles. The zero-order valence-corrected chi connectivity index (χ0v) is 9.78. The molecule has 1 aromatic heterocycles. The summed E-state index contributed by atoms with van der Waals surface area (Å²) in [6, 6.07) is -0.169. The lowest BCUT2D eigenvalue weighted by molar-refractivity contribution is 0.0606. The van der Waals surface area contributed by atoms with Crippen molar-refractivity contribution in [2.75, 3.05) is 12.4 Å². The zero-order chi connectivity index (χ0) is 11.4. The van der Waals surface area contributed by atoms with Gasteiger partial charge in [-0.15, -0.1) is 6.42 Å². The largest absolute Gasteiger partial charge is 0.465 e. The third-order valence-electron chi connectivity index (χ3n) is 1.55. The summed E-state index contributed by atoms with van der Waals surface area (Å²) >= 11 is 6.86. The van der Waals surface area contributed by atoms with Crippen molar-refractivity contribution in [3.63, 3.8) is 0 Å². The SMILES string of the molecule is C#CC(C)Nc1nc(Cl)c(C(=O)OC)s1. The average molecular weight is 245 g/mol. The lowest BCUT2D eigenvalue weighted by Gasteiger charge is -2.03. The van der Waals surface area contributed by atoms with Gasteiger partial charge >= 0.3 is 5.97 Å². The first-order valence-electron chi connectivity index (χ1n) is 4.05. The van der Waals surface area contributed by atoms with E-state index in [2.05, 4.69) is 21.0 Å². The molecule has 0 fully saturated rings. The van der Waals surface area contributed by atoms with Crippen molar-refractivity contribution in [3.05, 3.63) is 10.0 Å². The molecular weight excluding hydrogens is 236 g/mol. The van der Waals surface area contributed by atoms with E-state index in [4.69, 9.17) is 18.0 Å². The normalized spacial score (nSPS) is 11.6. The molecule has 0 amide bonds. The minimum atomic E-state index is -0.501. The van der Waals surface area contributed by atoms with Crippen LogP contribution in [0.2, 0.25) is 5.15 Å². The summed E-state index contributed by atoms with van der Waals surface area (Å²) in [5.41, 5.74) is 0. The third-order valence-corrected chi connectivity index (χ3v) is 2.90. The van der Waals surface area contributed by atoms with E-state index in [-0.39, 0.29) is 16.1 Å². The first kappa shape index (κ1) is 11.8. The Labute approximate surface area is 96.6 Å². The van der Waals surface area contributed by atoms with Gasteiger partial charge in [0.2, 0.25) is 0 Å². The van der Waals surface area contributed by atoms with Crippen molar-refractivity contribution in [1.29, 1.82) is 0 Å². The average Bonchev–Trinajstić information content (AvgIpc) is 2.58. The summed E-state index contributed by atoms with van der Waals surface area (Å²) in [5, 5.41) is 3.54. The Morgan fingerprint density at radius 1 is 1.80 bits per heavy atom. The van der Waals surface area contributed by atoms with Crippen LogP contribution in [-0.2, 0) is 4.74 Å². The molecule has 1 N–H and O–H groups in total. The molecule has 0 aliphatic rings. The molecule has 1 heterocycles. The summed E-state index contributed by atoms with van der Waals surface area (Å²) in [7, 11) is 1.29. The van der Waals surface area contributed by atoms with Gasteiger partial charge < -0.3 is 10.1 Å². The van der Waals surface area contributed by atoms with Gasteiger partial charge in [-0.2, -0.15) is 0 Å². The minimum absolute atomic E-state index is 0.124. The highest BCUT2D eigenvalue weighted by atomic mass is 35.5. The molecule has 0 aromatic carbocycles. The number of carbonyl (C=O) groups excluding carboxylic acids is 1. The molecule has 1 rings (SSSR count). The van der Waals surface area contributed by atoms with E-state index in [1.165, 1.54) is 7.11 Å². The van der Waals surface area contributed by atoms with Crippen LogP contribution in [0.3, 0.4) is 0 Å². The van der Waals surface area contributed by atoms with E-state index in [9.17, 15) is 4.79 Å². The van der Waals surface area contributed by atoms with E-state index in [1.54, 1.807) is 6.92 Å². The molecule has 4 nitrogen and oxygen atoms in total. The molecule has 1 atom stereocenters. The lowest BCUT2D eigenvalue weighted by Crippen LogP contribution is -2.11. The highest BCUT2D eigenvalue weighted by Crippen LogP contribution is 2.27. The van der Waals surface area contributed by atoms with Crippen LogP contribution in [0.1, 0.15) is 16.6 Å². The minimum Gasteiger partial charge on any atom is -0.465 e. The summed E-state index contributed by atoms with van der Waals surface area (Å²) < 4.78 is 4.54. The van der Waals surface area contributed by atoms with Crippen molar-refractivity contribution >= 4 is 34.0 Å². The topological polar surface area (TPSA) is 51.2 Å². The van der Waals surface area contributed by atoms with Crippen molar-refractivity contribution < 1.29 is 9.53 Å². The maximum absolute atomic E-state index is 11.2. The summed E-state index contributed by atoms with van der Waals surface area (Å²) in [6.07, 6.45) is 5.19. The molecule has 1 aromatic rings. The lowest BCUT2D eigenvalue weighted by atomic mass is 10.4. The van der Waals surface area contributed by atoms with Crippen LogP contribution in [-0.4, -0.2) is 24.1 Å². The van der Waals surface area contributed by atoms with Gasteiger partial charge in [0.25, 0.3) is 0 Å². The highest BCUT2D eigenvalue weighted by molar-refractivity contribution is 7.18. The number of halogens is 1. The van der Waals surface area contributed by atoms with E-state index >= 15 is 0 Å². The van der Waals surface area contributed by atoms with Gasteiger partial charge in [0.15, 0.2) is 15.2 Å². The van der Waals surface area contributed by atoms with E-state index < -0.39 is 5.97 Å². The quantitative estimate of drug-likeness (QED) is 0.653. The van der Waals surface area contributed by atoms with E-state index in [0.29, 0.717) is 5.13 Å². The standard InChI is InChI=1S/C9H9ClN2O2S/c1-4-5(2)11-9-12-7(10)6(15-9)8(13)14-3/h1,5H,2-3H3,(H,11,12). The van der Waals surface area contributed by atoms with Gasteiger partial charge in [0.1, 0.15) is 0 Å². The number of carbonyl (C=O) groups is 1. The van der Waals surface area contributed by atoms with Crippen LogP contribution in [0.5, 0.6) is 0 Å². The molecule has 0 radical (unpaired) electrons. The third kappa shape index (κ3) is 2.85. The molecule has 6 heteroatoms. The predicted octanol–water partition coefficient (Wildman–Crippen LogP) is 2.02. The molecule has 0 spiro atoms. The number of terminal acetylenes is 1. The Bertz CT molecular complexity index is 411. The number of hydrogen-bond donors (Lipinski definition) is 1. The number of thiazole rings is 1. The zero-order valence-electron chi connectivity index (χ0n) is 8.20. The first-order chi connectivity index (χ1) is 7.08. The number of aromatic nitrogens is 1. The highest BCUT2D eigenvalue weighted by Gasteiger charge is 2.17. The van der Waals surface area contributed by atoms with Crippen molar-refractivity contribution in [2.24, 2.45) is 0 Å². The second-order valence-electron chi connectivity index (χ2n) is 2.66. The molecule has 80 valence electrons. The molecular formula is C9H9ClN2O2S. The van der Waals surface area contributed by atoms with Crippen LogP contribution in [0.4, 0.5) is 5.13 Å². The van der Waals surface area contributed by atoms with Gasteiger partial charge in [0.05, 0.1) is 13.2 Å². The summed E-state index contributed by atoms with van der Waals surface area (Å²) in [5.74, 6) is 1.98. The molecule has 0 aliphatic carbocycles. The smallest absolute Gasteiger partial charge is 0.351 e. The van der Waals surface area contributed by atoms with Crippen LogP contribution in [0, 0.1) is 12.3 Å². The van der Waals surface area contributed by atoms with Crippen molar-refractivity contribution in [1.82, 2.24) is 4.98 Å². The molecule has 15 heavy (non-hydrogen) atoms. The summed E-state index contributed by atoms with van der Waals surface area (Å²) in [6.45, 7) is 1.80. The maximum atomic E-state index is 11.2. The predicted molar refractivity (Wildman–Crippen MR) is 60.4 cm³/mol. The van der Waals surface area contributed by atoms with Gasteiger partial charge in [-0.25, -0.2) is 9.78 Å². The second-order valence-corrected chi connectivity index (χ2v) is 4.02. The first-order valence-corrected chi connectivity index (χ1v) is 5.25. The van der Waals surface area contributed by atoms with Crippen LogP contribution >= 0.6 is 22.9 Å². The van der Waals surface area contributed by atoms with Crippen LogP contribution < -0.4 is 5.32 Å². The Hall–Kier alpha value is -1.25. The molecule has 0 saturated carbocycles. The summed E-state index contributed by atoms with van der Waals surface area (Å²) in [4.78, 5) is 15.4. The number of methoxy groups -OCH3 is 1. The molecule has 0 aliphatic heterocycles. The monoisotopic (exact) mass is 244 g/mol. The Morgan fingerprint density at radius 2 is 2.47 bits per heavy atom. The Morgan fingerprint density at radius 3 is 3.00 bits per heavy atom. The fourth-order valence-corrected chi connectivity index (χ4v) is 2.00. The number of hydrogen-bond acceptors (Lipinski definition) is 5. The fraction of sp³-hybridized carbons (Fsp3) is 0.333. The van der Waals surface area contributed by atoms with Crippen LogP contribution in [0.25, 0.3) is 0 Å². The fourth-order valence-electron chi connectivity index (χ4n) is 0.809. The number of nitrogens with one attached hydrogen (secondary N) is 1. The Balaban J connectivity index is 2.87. The second kappa shape index (κ2) is 5.01.